The average Bonchev–Trinajstić information content (AvgIpc) is 3.40. The van der Waals surface area contributed by atoms with Crippen molar-refractivity contribution in [3.63, 3.8) is 0 Å². The second-order valence-electron chi connectivity index (χ2n) is 8.69. The summed E-state index contributed by atoms with van der Waals surface area (Å²) in [6.07, 6.45) is 16.2. The Morgan fingerprint density at radius 3 is 2.04 bits per heavy atom. The number of urea groups is 1. The van der Waals surface area contributed by atoms with Crippen LogP contribution >= 0.6 is 0 Å². The first-order chi connectivity index (χ1) is 12.2. The van der Waals surface area contributed by atoms with Gasteiger partial charge in [0.2, 0.25) is 0 Å². The first-order valence-corrected chi connectivity index (χ1v) is 10.6. The summed E-state index contributed by atoms with van der Waals surface area (Å²) in [6, 6.07) is 1.01. The normalized spacial score (nSPS) is 28.3. The largest absolute Gasteiger partial charge is 0.326 e. The van der Waals surface area contributed by atoms with E-state index >= 15 is 0 Å². The van der Waals surface area contributed by atoms with Gasteiger partial charge in [0.25, 0.3) is 5.91 Å². The number of rotatable bonds is 4. The standard InChI is InChI=1S/C20H33N3O2/c24-18-20(13-7-2-1-3-8-14-20)21-19(25)23(18)15-22(17-11-12-17)16-9-5-4-6-10-16/h16-17H,1-15H2,(H,21,25). The molecular weight excluding hydrogens is 314 g/mol. The van der Waals surface area contributed by atoms with Crippen LogP contribution in [0.15, 0.2) is 0 Å². The number of carbonyl (C=O) groups excluding carboxylic acids is 2. The summed E-state index contributed by atoms with van der Waals surface area (Å²) in [6.45, 7) is 0.516. The highest BCUT2D eigenvalue weighted by atomic mass is 16.2. The van der Waals surface area contributed by atoms with Gasteiger partial charge in [-0.3, -0.25) is 9.69 Å². The molecule has 5 heteroatoms. The Morgan fingerprint density at radius 2 is 1.40 bits per heavy atom. The minimum atomic E-state index is -0.598. The van der Waals surface area contributed by atoms with Crippen LogP contribution in [-0.4, -0.2) is 46.0 Å². The molecule has 5 nitrogen and oxygen atoms in total. The van der Waals surface area contributed by atoms with Gasteiger partial charge in [0.05, 0.1) is 6.67 Å². The van der Waals surface area contributed by atoms with Crippen molar-refractivity contribution in [2.75, 3.05) is 6.67 Å². The van der Waals surface area contributed by atoms with Crippen molar-refractivity contribution in [1.29, 1.82) is 0 Å². The number of hydrogen-bond acceptors (Lipinski definition) is 3. The van der Waals surface area contributed by atoms with Crippen molar-refractivity contribution < 1.29 is 9.59 Å². The third-order valence-corrected chi connectivity index (χ3v) is 6.82. The lowest BCUT2D eigenvalue weighted by molar-refractivity contribution is -0.134. The van der Waals surface area contributed by atoms with Crippen molar-refractivity contribution in [3.05, 3.63) is 0 Å². The van der Waals surface area contributed by atoms with E-state index in [-0.39, 0.29) is 11.9 Å². The molecule has 1 aliphatic heterocycles. The molecule has 140 valence electrons. The van der Waals surface area contributed by atoms with Gasteiger partial charge in [-0.05, 0) is 38.5 Å². The maximum atomic E-state index is 13.2. The van der Waals surface area contributed by atoms with Gasteiger partial charge >= 0.3 is 6.03 Å². The lowest BCUT2D eigenvalue weighted by Crippen LogP contribution is -2.50. The van der Waals surface area contributed by atoms with Crippen molar-refractivity contribution in [2.24, 2.45) is 0 Å². The molecule has 1 saturated heterocycles. The van der Waals surface area contributed by atoms with Crippen LogP contribution in [0.1, 0.15) is 89.9 Å². The van der Waals surface area contributed by atoms with Crippen LogP contribution in [0, 0.1) is 0 Å². The van der Waals surface area contributed by atoms with Crippen molar-refractivity contribution >= 4 is 11.9 Å². The monoisotopic (exact) mass is 347 g/mol. The Bertz CT molecular complexity index is 503. The van der Waals surface area contributed by atoms with Gasteiger partial charge in [-0.15, -0.1) is 0 Å². The van der Waals surface area contributed by atoms with Gasteiger partial charge in [0, 0.05) is 12.1 Å². The van der Waals surface area contributed by atoms with Gasteiger partial charge in [0.1, 0.15) is 5.54 Å². The molecule has 1 N–H and O–H groups in total. The number of nitrogens with zero attached hydrogens (tertiary/aromatic N) is 2. The predicted octanol–water partition coefficient (Wildman–Crippen LogP) is 3.78. The zero-order valence-electron chi connectivity index (χ0n) is 15.5. The van der Waals surface area contributed by atoms with Gasteiger partial charge in [-0.25, -0.2) is 9.69 Å². The number of imide groups is 1. The fourth-order valence-corrected chi connectivity index (χ4v) is 5.16. The quantitative estimate of drug-likeness (QED) is 0.788. The maximum absolute atomic E-state index is 13.2. The second-order valence-corrected chi connectivity index (χ2v) is 8.69. The summed E-state index contributed by atoms with van der Waals surface area (Å²) < 4.78 is 0. The molecule has 0 radical (unpaired) electrons. The lowest BCUT2D eigenvalue weighted by Gasteiger charge is -2.36. The van der Waals surface area contributed by atoms with Crippen LogP contribution < -0.4 is 5.32 Å². The second kappa shape index (κ2) is 7.26. The SMILES string of the molecule is O=C1NC2(CCCCCCC2)C(=O)N1CN(C1CCCCC1)C1CC1. The summed E-state index contributed by atoms with van der Waals surface area (Å²) in [5.74, 6) is 0.0564. The van der Waals surface area contributed by atoms with Crippen LogP contribution in [0.5, 0.6) is 0 Å². The maximum Gasteiger partial charge on any atom is 0.326 e. The highest BCUT2D eigenvalue weighted by Crippen LogP contribution is 2.36. The van der Waals surface area contributed by atoms with E-state index in [4.69, 9.17) is 0 Å². The van der Waals surface area contributed by atoms with Crippen LogP contribution in [0.25, 0.3) is 0 Å². The minimum absolute atomic E-state index is 0.0564. The molecule has 1 heterocycles. The molecule has 4 rings (SSSR count). The first kappa shape index (κ1) is 17.3. The van der Waals surface area contributed by atoms with Crippen LogP contribution in [0.3, 0.4) is 0 Å². The van der Waals surface area contributed by atoms with E-state index in [1.807, 2.05) is 0 Å². The average molecular weight is 348 g/mol. The summed E-state index contributed by atoms with van der Waals surface area (Å²) in [4.78, 5) is 30.0. The van der Waals surface area contributed by atoms with Crippen molar-refractivity contribution in [2.45, 2.75) is 108 Å². The number of hydrogen-bond donors (Lipinski definition) is 1. The van der Waals surface area contributed by atoms with E-state index < -0.39 is 5.54 Å². The predicted molar refractivity (Wildman–Crippen MR) is 97.0 cm³/mol. The zero-order valence-corrected chi connectivity index (χ0v) is 15.5. The fourth-order valence-electron chi connectivity index (χ4n) is 5.16. The Morgan fingerprint density at radius 1 is 0.840 bits per heavy atom. The Kier molecular flexibility index (Phi) is 5.03. The summed E-state index contributed by atoms with van der Waals surface area (Å²) >= 11 is 0. The van der Waals surface area contributed by atoms with Crippen molar-refractivity contribution in [1.82, 2.24) is 15.1 Å². The lowest BCUT2D eigenvalue weighted by atomic mass is 9.84. The number of carbonyl (C=O) groups is 2. The highest BCUT2D eigenvalue weighted by Gasteiger charge is 2.51. The third kappa shape index (κ3) is 3.57. The Balaban J connectivity index is 1.47. The molecule has 1 spiro atoms. The molecule has 4 fully saturated rings. The first-order valence-electron chi connectivity index (χ1n) is 10.6. The molecule has 3 amide bonds. The molecule has 0 bridgehead atoms. The molecule has 25 heavy (non-hydrogen) atoms. The third-order valence-electron chi connectivity index (χ3n) is 6.82. The summed E-state index contributed by atoms with van der Waals surface area (Å²) in [5, 5.41) is 3.12. The fraction of sp³-hybridized carbons (Fsp3) is 0.900. The summed E-state index contributed by atoms with van der Waals surface area (Å²) in [5.41, 5.74) is -0.598. The van der Waals surface area contributed by atoms with E-state index in [1.54, 1.807) is 4.90 Å². The van der Waals surface area contributed by atoms with Crippen LogP contribution in [0.2, 0.25) is 0 Å². The van der Waals surface area contributed by atoms with E-state index in [0.717, 1.165) is 25.7 Å². The minimum Gasteiger partial charge on any atom is -0.323 e. The van der Waals surface area contributed by atoms with Gasteiger partial charge in [-0.2, -0.15) is 0 Å². The van der Waals surface area contributed by atoms with Crippen LogP contribution in [0.4, 0.5) is 4.79 Å². The molecule has 0 aromatic carbocycles. The summed E-state index contributed by atoms with van der Waals surface area (Å²) in [7, 11) is 0. The van der Waals surface area contributed by atoms with Gasteiger partial charge < -0.3 is 5.32 Å². The number of amides is 3. The highest BCUT2D eigenvalue weighted by molar-refractivity contribution is 6.07. The van der Waals surface area contributed by atoms with Gasteiger partial charge in [0.15, 0.2) is 0 Å². The Hall–Kier alpha value is -1.10. The molecule has 0 aromatic rings. The Labute approximate surface area is 151 Å². The molecule has 3 aliphatic carbocycles. The van der Waals surface area contributed by atoms with Crippen LogP contribution in [-0.2, 0) is 4.79 Å². The van der Waals surface area contributed by atoms with E-state index in [9.17, 15) is 9.59 Å². The van der Waals surface area contributed by atoms with Crippen molar-refractivity contribution in [3.8, 4) is 0 Å². The van der Waals surface area contributed by atoms with Gasteiger partial charge in [-0.1, -0.05) is 51.4 Å². The van der Waals surface area contributed by atoms with E-state index in [1.165, 1.54) is 64.2 Å². The number of nitrogens with one attached hydrogen (secondary N) is 1. The molecule has 3 saturated carbocycles. The molecule has 0 aromatic heterocycles. The zero-order chi connectivity index (χ0) is 17.3. The van der Waals surface area contributed by atoms with E-state index in [2.05, 4.69) is 10.2 Å². The van der Waals surface area contributed by atoms with E-state index in [0.29, 0.717) is 18.8 Å². The molecular formula is C20H33N3O2. The molecule has 4 aliphatic rings. The molecule has 0 unspecified atom stereocenters. The smallest absolute Gasteiger partial charge is 0.323 e. The topological polar surface area (TPSA) is 52.7 Å². The molecule has 0 atom stereocenters.